The van der Waals surface area contributed by atoms with Gasteiger partial charge in [-0.25, -0.2) is 0 Å². The molecule has 0 bridgehead atoms. The van der Waals surface area contributed by atoms with E-state index in [1.807, 2.05) is 35.9 Å². The summed E-state index contributed by atoms with van der Waals surface area (Å²) in [5, 5.41) is 15.5. The average Bonchev–Trinajstić information content (AvgIpc) is 3.05. The molecule has 0 aliphatic heterocycles. The molecule has 2 aromatic rings. The number of aromatic nitrogens is 4. The first-order valence-corrected chi connectivity index (χ1v) is 8.34. The lowest BCUT2D eigenvalue weighted by molar-refractivity contribution is 0.635. The number of hydrogen-bond donors (Lipinski definition) is 2. The molecule has 2 N–H and O–H groups in total. The molecule has 0 saturated carbocycles. The molecule has 0 amide bonds. The molecule has 2 rings (SSSR count). The fraction of sp³-hybridized carbons (Fsp3) is 0.588. The summed E-state index contributed by atoms with van der Waals surface area (Å²) in [6, 6.07) is 0.274. The number of halogens is 1. The number of hydrogen-bond acceptors (Lipinski definition) is 3. The highest BCUT2D eigenvalue weighted by atomic mass is 127. The molecule has 2 heterocycles. The third-order valence-corrected chi connectivity index (χ3v) is 4.24. The van der Waals surface area contributed by atoms with Crippen LogP contribution >= 0.6 is 24.0 Å². The molecule has 140 valence electrons. The van der Waals surface area contributed by atoms with Crippen LogP contribution in [0.4, 0.5) is 0 Å². The summed E-state index contributed by atoms with van der Waals surface area (Å²) in [5.41, 5.74) is 4.85. The number of nitrogens with one attached hydrogen (secondary N) is 2. The molecule has 2 aromatic heterocycles. The maximum Gasteiger partial charge on any atom is 0.191 e. The topological polar surface area (TPSA) is 72.1 Å². The van der Waals surface area contributed by atoms with Crippen molar-refractivity contribution in [3.63, 3.8) is 0 Å². The van der Waals surface area contributed by atoms with Gasteiger partial charge in [0.05, 0.1) is 11.9 Å². The van der Waals surface area contributed by atoms with E-state index >= 15 is 0 Å². The summed E-state index contributed by atoms with van der Waals surface area (Å²) in [7, 11) is 5.72. The second kappa shape index (κ2) is 9.79. The summed E-state index contributed by atoms with van der Waals surface area (Å²) in [6.07, 6.45) is 5.78. The SMILES string of the molecule is CN=C(NCCc1cnn(C)c1)NC(C)Cc1c(C)nn(C)c1C.I. The summed E-state index contributed by atoms with van der Waals surface area (Å²) >= 11 is 0. The predicted octanol–water partition coefficient (Wildman–Crippen LogP) is 1.73. The lowest BCUT2D eigenvalue weighted by Gasteiger charge is -2.18. The lowest BCUT2D eigenvalue weighted by atomic mass is 10.1. The van der Waals surface area contributed by atoms with E-state index in [2.05, 4.69) is 46.6 Å². The molecule has 7 nitrogen and oxygen atoms in total. The first-order chi connectivity index (χ1) is 11.4. The maximum absolute atomic E-state index is 4.48. The van der Waals surface area contributed by atoms with Crippen molar-refractivity contribution in [3.05, 3.63) is 34.9 Å². The summed E-state index contributed by atoms with van der Waals surface area (Å²) in [6.45, 7) is 7.17. The van der Waals surface area contributed by atoms with E-state index in [4.69, 9.17) is 0 Å². The van der Waals surface area contributed by atoms with E-state index in [-0.39, 0.29) is 30.0 Å². The Kier molecular flexibility index (Phi) is 8.40. The van der Waals surface area contributed by atoms with Gasteiger partial charge in [-0.3, -0.25) is 14.4 Å². The number of guanidine groups is 1. The summed E-state index contributed by atoms with van der Waals surface area (Å²) in [4.78, 5) is 4.31. The number of rotatable bonds is 6. The Balaban J connectivity index is 0.00000312. The van der Waals surface area contributed by atoms with Gasteiger partial charge in [-0.1, -0.05) is 0 Å². The van der Waals surface area contributed by atoms with E-state index < -0.39 is 0 Å². The lowest BCUT2D eigenvalue weighted by Crippen LogP contribution is -2.43. The second-order valence-electron chi connectivity index (χ2n) is 6.29. The molecule has 1 atom stereocenters. The van der Waals surface area contributed by atoms with Crippen LogP contribution in [0.5, 0.6) is 0 Å². The van der Waals surface area contributed by atoms with Crippen molar-refractivity contribution in [3.8, 4) is 0 Å². The van der Waals surface area contributed by atoms with Gasteiger partial charge in [-0.05, 0) is 44.7 Å². The van der Waals surface area contributed by atoms with Gasteiger partial charge in [0.25, 0.3) is 0 Å². The van der Waals surface area contributed by atoms with E-state index in [1.54, 1.807) is 7.05 Å². The number of aryl methyl sites for hydroxylation is 3. The van der Waals surface area contributed by atoms with E-state index in [9.17, 15) is 0 Å². The largest absolute Gasteiger partial charge is 0.356 e. The van der Waals surface area contributed by atoms with Crippen LogP contribution in [0.25, 0.3) is 0 Å². The van der Waals surface area contributed by atoms with Crippen molar-refractivity contribution in [1.29, 1.82) is 0 Å². The molecule has 0 spiro atoms. The zero-order valence-corrected chi connectivity index (χ0v) is 18.3. The monoisotopic (exact) mass is 459 g/mol. The van der Waals surface area contributed by atoms with Crippen LogP contribution in [-0.2, 0) is 26.9 Å². The Hall–Kier alpha value is -1.58. The number of nitrogens with zero attached hydrogens (tertiary/aromatic N) is 5. The average molecular weight is 459 g/mol. The normalized spacial score (nSPS) is 12.6. The van der Waals surface area contributed by atoms with Crippen LogP contribution in [0.2, 0.25) is 0 Å². The van der Waals surface area contributed by atoms with Crippen LogP contribution in [0.1, 0.15) is 29.4 Å². The molecule has 0 aliphatic carbocycles. The quantitative estimate of drug-likeness (QED) is 0.392. The second-order valence-corrected chi connectivity index (χ2v) is 6.29. The molecule has 0 fully saturated rings. The fourth-order valence-corrected chi connectivity index (χ4v) is 2.82. The Morgan fingerprint density at radius 3 is 2.56 bits per heavy atom. The highest BCUT2D eigenvalue weighted by Crippen LogP contribution is 2.14. The van der Waals surface area contributed by atoms with Crippen molar-refractivity contribution >= 4 is 29.9 Å². The molecule has 1 unspecified atom stereocenters. The first-order valence-electron chi connectivity index (χ1n) is 8.34. The van der Waals surface area contributed by atoms with Crippen molar-refractivity contribution in [1.82, 2.24) is 30.2 Å². The van der Waals surface area contributed by atoms with Gasteiger partial charge < -0.3 is 10.6 Å². The van der Waals surface area contributed by atoms with Crippen LogP contribution in [0.15, 0.2) is 17.4 Å². The molecule has 0 aliphatic rings. The third-order valence-electron chi connectivity index (χ3n) is 4.24. The van der Waals surface area contributed by atoms with Gasteiger partial charge in [0, 0.05) is 45.6 Å². The van der Waals surface area contributed by atoms with Crippen molar-refractivity contribution in [2.24, 2.45) is 19.1 Å². The highest BCUT2D eigenvalue weighted by molar-refractivity contribution is 14.0. The molecule has 0 radical (unpaired) electrons. The smallest absolute Gasteiger partial charge is 0.191 e. The maximum atomic E-state index is 4.48. The van der Waals surface area contributed by atoms with Gasteiger partial charge in [0.2, 0.25) is 0 Å². The van der Waals surface area contributed by atoms with Crippen molar-refractivity contribution in [2.45, 2.75) is 39.7 Å². The van der Waals surface area contributed by atoms with Crippen LogP contribution in [0.3, 0.4) is 0 Å². The van der Waals surface area contributed by atoms with Gasteiger partial charge in [-0.2, -0.15) is 10.2 Å². The molecular formula is C17H30IN7. The standard InChI is InChI=1S/C17H29N7.HI/c1-12(9-16-13(2)22-24(6)14(16)3)21-17(18-4)19-8-7-15-10-20-23(5)11-15;/h10-12H,7-9H2,1-6H3,(H2,18,19,21);1H. The van der Waals surface area contributed by atoms with Crippen LogP contribution < -0.4 is 10.6 Å². The molecule has 25 heavy (non-hydrogen) atoms. The Labute approximate surface area is 167 Å². The predicted molar refractivity (Wildman–Crippen MR) is 113 cm³/mol. The Morgan fingerprint density at radius 2 is 2.04 bits per heavy atom. The summed E-state index contributed by atoms with van der Waals surface area (Å²) in [5.74, 6) is 0.825. The minimum atomic E-state index is 0. The van der Waals surface area contributed by atoms with Crippen LogP contribution in [-0.4, -0.2) is 45.2 Å². The first kappa shape index (κ1) is 21.5. The summed E-state index contributed by atoms with van der Waals surface area (Å²) < 4.78 is 3.77. The van der Waals surface area contributed by atoms with Gasteiger partial charge in [0.15, 0.2) is 5.96 Å². The molecule has 8 heteroatoms. The Bertz CT molecular complexity index is 702. The fourth-order valence-electron chi connectivity index (χ4n) is 2.82. The van der Waals surface area contributed by atoms with Crippen LogP contribution in [0, 0.1) is 13.8 Å². The van der Waals surface area contributed by atoms with E-state index in [1.165, 1.54) is 16.8 Å². The van der Waals surface area contributed by atoms with Gasteiger partial charge >= 0.3 is 0 Å². The molecular weight excluding hydrogens is 429 g/mol. The number of aliphatic imine (C=N–C) groups is 1. The molecule has 0 saturated heterocycles. The zero-order chi connectivity index (χ0) is 17.7. The minimum absolute atomic E-state index is 0. The van der Waals surface area contributed by atoms with E-state index in [0.29, 0.717) is 0 Å². The Morgan fingerprint density at radius 1 is 1.32 bits per heavy atom. The van der Waals surface area contributed by atoms with Gasteiger partial charge in [-0.15, -0.1) is 24.0 Å². The zero-order valence-electron chi connectivity index (χ0n) is 16.0. The minimum Gasteiger partial charge on any atom is -0.356 e. The van der Waals surface area contributed by atoms with E-state index in [0.717, 1.165) is 31.0 Å². The van der Waals surface area contributed by atoms with Crippen molar-refractivity contribution in [2.75, 3.05) is 13.6 Å². The molecule has 0 aromatic carbocycles. The van der Waals surface area contributed by atoms with Crippen molar-refractivity contribution < 1.29 is 0 Å². The third kappa shape index (κ3) is 6.02. The highest BCUT2D eigenvalue weighted by Gasteiger charge is 2.13. The van der Waals surface area contributed by atoms with Gasteiger partial charge in [0.1, 0.15) is 0 Å².